The Morgan fingerprint density at radius 3 is 2.68 bits per heavy atom. The molecule has 148 valence electrons. The van der Waals surface area contributed by atoms with Crippen molar-refractivity contribution in [2.45, 2.75) is 11.4 Å². The number of hydrogen-bond acceptors (Lipinski definition) is 5. The van der Waals surface area contributed by atoms with Gasteiger partial charge in [-0.3, -0.25) is 4.98 Å². The molecular formula is C19H19F2N3O3S. The van der Waals surface area contributed by atoms with Gasteiger partial charge in [-0.2, -0.15) is 4.31 Å². The summed E-state index contributed by atoms with van der Waals surface area (Å²) in [5, 5.41) is 12.3. The van der Waals surface area contributed by atoms with E-state index < -0.39 is 21.7 Å². The molecule has 0 atom stereocenters. The first-order chi connectivity index (χ1) is 13.3. The number of aromatic nitrogens is 1. The molecule has 0 radical (unpaired) electrons. The molecular weight excluding hydrogens is 388 g/mol. The maximum atomic E-state index is 13.9. The first-order valence-corrected chi connectivity index (χ1v) is 9.91. The van der Waals surface area contributed by atoms with Crippen LogP contribution in [0.15, 0.2) is 53.6 Å². The fourth-order valence-electron chi connectivity index (χ4n) is 2.85. The van der Waals surface area contributed by atoms with Gasteiger partial charge in [-0.05, 0) is 23.8 Å². The van der Waals surface area contributed by atoms with Crippen molar-refractivity contribution in [1.29, 1.82) is 0 Å². The molecule has 28 heavy (non-hydrogen) atoms. The van der Waals surface area contributed by atoms with Crippen LogP contribution in [-0.2, 0) is 16.6 Å². The highest BCUT2D eigenvalue weighted by Crippen LogP contribution is 2.26. The number of pyridine rings is 1. The summed E-state index contributed by atoms with van der Waals surface area (Å²) in [5.74, 6) is -1.50. The van der Waals surface area contributed by atoms with Crippen LogP contribution >= 0.6 is 0 Å². The summed E-state index contributed by atoms with van der Waals surface area (Å²) in [7, 11) is -2.40. The number of anilines is 1. The Hall–Kier alpha value is -2.62. The van der Waals surface area contributed by atoms with E-state index in [0.29, 0.717) is 11.3 Å². The molecule has 0 bridgehead atoms. The fraction of sp³-hybridized carbons (Fsp3) is 0.211. The third-order valence-electron chi connectivity index (χ3n) is 4.31. The first kappa shape index (κ1) is 20.1. The molecule has 0 saturated carbocycles. The number of hydrogen-bond donors (Lipinski definition) is 2. The summed E-state index contributed by atoms with van der Waals surface area (Å²) in [6.45, 7) is -0.215. The Kier molecular flexibility index (Phi) is 5.87. The smallest absolute Gasteiger partial charge is 0.243 e. The molecule has 6 nitrogen and oxygen atoms in total. The molecule has 1 heterocycles. The molecule has 0 unspecified atom stereocenters. The first-order valence-electron chi connectivity index (χ1n) is 8.47. The summed E-state index contributed by atoms with van der Waals surface area (Å²) in [5.41, 5.74) is 0.934. The van der Waals surface area contributed by atoms with Crippen molar-refractivity contribution in [2.24, 2.45) is 0 Å². The maximum Gasteiger partial charge on any atom is 0.243 e. The minimum atomic E-state index is -3.79. The van der Waals surface area contributed by atoms with Gasteiger partial charge < -0.3 is 10.4 Å². The molecule has 0 spiro atoms. The van der Waals surface area contributed by atoms with Gasteiger partial charge in [0, 0.05) is 43.5 Å². The van der Waals surface area contributed by atoms with E-state index in [9.17, 15) is 17.2 Å². The summed E-state index contributed by atoms with van der Waals surface area (Å²) in [6, 6.07) is 9.93. The number of rotatable bonds is 7. The lowest BCUT2D eigenvalue weighted by Crippen LogP contribution is -2.30. The Morgan fingerprint density at radius 1 is 1.18 bits per heavy atom. The van der Waals surface area contributed by atoms with Gasteiger partial charge in [0.1, 0.15) is 11.3 Å². The van der Waals surface area contributed by atoms with Gasteiger partial charge in [-0.1, -0.05) is 18.2 Å². The quantitative estimate of drug-likeness (QED) is 0.629. The second-order valence-electron chi connectivity index (χ2n) is 6.15. The van der Waals surface area contributed by atoms with Gasteiger partial charge in [0.25, 0.3) is 0 Å². The highest BCUT2D eigenvalue weighted by Gasteiger charge is 2.23. The lowest BCUT2D eigenvalue weighted by atomic mass is 10.1. The molecule has 2 aromatic carbocycles. The third kappa shape index (κ3) is 3.96. The molecule has 0 aliphatic rings. The van der Waals surface area contributed by atoms with Gasteiger partial charge in [-0.15, -0.1) is 0 Å². The number of sulfonamides is 1. The van der Waals surface area contributed by atoms with Gasteiger partial charge in [-0.25, -0.2) is 17.2 Å². The van der Waals surface area contributed by atoms with Crippen LogP contribution in [0.25, 0.3) is 10.9 Å². The van der Waals surface area contributed by atoms with Gasteiger partial charge >= 0.3 is 0 Å². The van der Waals surface area contributed by atoms with Crippen LogP contribution in [-0.4, -0.2) is 43.0 Å². The third-order valence-corrected chi connectivity index (χ3v) is 6.27. The Bertz CT molecular complexity index is 1110. The number of benzene rings is 2. The Morgan fingerprint density at radius 2 is 1.93 bits per heavy atom. The van der Waals surface area contributed by atoms with Crippen LogP contribution in [0.5, 0.6) is 0 Å². The number of aliphatic hydroxyl groups is 1. The highest BCUT2D eigenvalue weighted by atomic mass is 32.2. The van der Waals surface area contributed by atoms with Crippen LogP contribution in [0, 0.1) is 11.6 Å². The molecule has 2 N–H and O–H groups in total. The van der Waals surface area contributed by atoms with E-state index in [1.54, 1.807) is 24.3 Å². The lowest BCUT2D eigenvalue weighted by molar-refractivity contribution is 0.266. The van der Waals surface area contributed by atoms with E-state index in [1.165, 1.54) is 25.4 Å². The van der Waals surface area contributed by atoms with E-state index >= 15 is 0 Å². The summed E-state index contributed by atoms with van der Waals surface area (Å²) in [4.78, 5) is 4.02. The van der Waals surface area contributed by atoms with Crippen molar-refractivity contribution < 1.29 is 22.3 Å². The average Bonchev–Trinajstić information content (AvgIpc) is 2.66. The van der Waals surface area contributed by atoms with Gasteiger partial charge in [0.15, 0.2) is 5.82 Å². The molecule has 0 saturated heterocycles. The SMILES string of the molecule is CN(CCO)S(=O)(=O)c1ccccc1CNc1ccnc2c(F)cc(F)cc12. The second-order valence-corrected chi connectivity index (χ2v) is 8.17. The maximum absolute atomic E-state index is 13.9. The van der Waals surface area contributed by atoms with Gasteiger partial charge in [0.2, 0.25) is 10.0 Å². The summed E-state index contributed by atoms with van der Waals surface area (Å²) >= 11 is 0. The molecule has 3 rings (SSSR count). The van der Waals surface area contributed by atoms with E-state index in [-0.39, 0.29) is 35.5 Å². The highest BCUT2D eigenvalue weighted by molar-refractivity contribution is 7.89. The molecule has 9 heteroatoms. The lowest BCUT2D eigenvalue weighted by Gasteiger charge is -2.19. The van der Waals surface area contributed by atoms with Crippen molar-refractivity contribution in [1.82, 2.24) is 9.29 Å². The minimum absolute atomic E-state index is 0.0231. The van der Waals surface area contributed by atoms with Crippen LogP contribution in [0.3, 0.4) is 0 Å². The monoisotopic (exact) mass is 407 g/mol. The second kappa shape index (κ2) is 8.17. The molecule has 3 aromatic rings. The number of aliphatic hydroxyl groups excluding tert-OH is 1. The fourth-order valence-corrected chi connectivity index (χ4v) is 4.23. The number of halogens is 2. The van der Waals surface area contributed by atoms with Crippen molar-refractivity contribution in [3.63, 3.8) is 0 Å². The van der Waals surface area contributed by atoms with Crippen LogP contribution in [0.1, 0.15) is 5.56 Å². The molecule has 0 aliphatic carbocycles. The molecule has 0 amide bonds. The predicted octanol–water partition coefficient (Wildman–Crippen LogP) is 2.74. The van der Waals surface area contributed by atoms with Crippen molar-refractivity contribution in [3.05, 3.63) is 65.9 Å². The number of likely N-dealkylation sites (N-methyl/N-ethyl adjacent to an activating group) is 1. The summed E-state index contributed by atoms with van der Waals surface area (Å²) in [6.07, 6.45) is 1.39. The van der Waals surface area contributed by atoms with Crippen molar-refractivity contribution in [3.8, 4) is 0 Å². The normalized spacial score (nSPS) is 11.9. The zero-order chi connectivity index (χ0) is 20.3. The van der Waals surface area contributed by atoms with E-state index in [0.717, 1.165) is 10.4 Å². The van der Waals surface area contributed by atoms with Crippen LogP contribution in [0.2, 0.25) is 0 Å². The van der Waals surface area contributed by atoms with E-state index in [4.69, 9.17) is 5.11 Å². The zero-order valence-electron chi connectivity index (χ0n) is 15.1. The Labute approximate surface area is 161 Å². The Balaban J connectivity index is 1.94. The van der Waals surface area contributed by atoms with Crippen LogP contribution in [0.4, 0.5) is 14.5 Å². The minimum Gasteiger partial charge on any atom is -0.395 e. The van der Waals surface area contributed by atoms with Crippen molar-refractivity contribution in [2.75, 3.05) is 25.5 Å². The molecule has 0 aliphatic heterocycles. The predicted molar refractivity (Wildman–Crippen MR) is 102 cm³/mol. The van der Waals surface area contributed by atoms with E-state index in [1.807, 2.05) is 0 Å². The number of nitrogens with one attached hydrogen (secondary N) is 1. The average molecular weight is 407 g/mol. The standard InChI is InChI=1S/C19H19F2N3O3S/c1-24(8-9-25)28(26,27)18-5-3-2-4-13(18)12-23-17-6-7-22-19-15(17)10-14(20)11-16(19)21/h2-7,10-11,25H,8-9,12H2,1H3,(H,22,23). The molecule has 0 fully saturated rings. The zero-order valence-corrected chi connectivity index (χ0v) is 15.9. The van der Waals surface area contributed by atoms with Crippen LogP contribution < -0.4 is 5.32 Å². The number of nitrogens with zero attached hydrogens (tertiary/aromatic N) is 2. The number of fused-ring (bicyclic) bond motifs is 1. The van der Waals surface area contributed by atoms with Gasteiger partial charge in [0.05, 0.1) is 11.5 Å². The van der Waals surface area contributed by atoms with E-state index in [2.05, 4.69) is 10.3 Å². The summed E-state index contributed by atoms with van der Waals surface area (Å²) < 4.78 is 54.1. The largest absolute Gasteiger partial charge is 0.395 e. The molecule has 1 aromatic heterocycles. The topological polar surface area (TPSA) is 82.5 Å². The van der Waals surface area contributed by atoms with Crippen molar-refractivity contribution >= 4 is 26.6 Å².